The number of carbonyl (C=O) groups is 2. The van der Waals surface area contributed by atoms with Crippen LogP contribution < -0.4 is 10.1 Å². The van der Waals surface area contributed by atoms with E-state index in [0.717, 1.165) is 24.3 Å². The number of hydrogen-bond acceptors (Lipinski definition) is 4. The number of hydrogen-bond donors (Lipinski definition) is 3. The van der Waals surface area contributed by atoms with Crippen LogP contribution in [0.15, 0.2) is 54.6 Å². The number of benzene rings is 2. The van der Waals surface area contributed by atoms with Gasteiger partial charge in [-0.05, 0) is 25.0 Å². The molecule has 3 N–H and O–H groups in total. The van der Waals surface area contributed by atoms with Gasteiger partial charge >= 0.3 is 11.9 Å². The molecule has 0 aliphatic rings. The van der Waals surface area contributed by atoms with Gasteiger partial charge in [-0.3, -0.25) is 0 Å². The highest BCUT2D eigenvalue weighted by atomic mass is 16.5. The predicted octanol–water partition coefficient (Wildman–Crippen LogP) is 3.28. The van der Waals surface area contributed by atoms with Crippen molar-refractivity contribution in [2.45, 2.75) is 26.3 Å². The van der Waals surface area contributed by atoms with Crippen molar-refractivity contribution in [3.8, 4) is 16.9 Å². The molecular weight excluding hydrogens is 334 g/mol. The summed E-state index contributed by atoms with van der Waals surface area (Å²) in [6, 6.07) is 19.1. The first kappa shape index (κ1) is 21.2. The topological polar surface area (TPSA) is 95.9 Å². The number of carboxylic acid groups (broad SMARTS) is 2. The molecule has 6 nitrogen and oxygen atoms in total. The Balaban J connectivity index is 0.000000487. The van der Waals surface area contributed by atoms with Crippen molar-refractivity contribution >= 4 is 11.9 Å². The summed E-state index contributed by atoms with van der Waals surface area (Å²) in [6.07, 6.45) is 1.14. The summed E-state index contributed by atoms with van der Waals surface area (Å²) in [7, 11) is 0. The van der Waals surface area contributed by atoms with Gasteiger partial charge in [0, 0.05) is 18.2 Å². The molecule has 2 aromatic carbocycles. The Kier molecular flexibility index (Phi) is 9.49. The molecule has 0 aliphatic carbocycles. The van der Waals surface area contributed by atoms with Gasteiger partial charge in [0.05, 0.1) is 0 Å². The lowest BCUT2D eigenvalue weighted by molar-refractivity contribution is -0.159. The normalized spacial score (nSPS) is 11.0. The Hall–Kier alpha value is -2.86. The maximum atomic E-state index is 9.10. The molecule has 0 saturated carbocycles. The Labute approximate surface area is 153 Å². The molecule has 0 aliphatic heterocycles. The third kappa shape index (κ3) is 7.81. The molecule has 2 rings (SSSR count). The lowest BCUT2D eigenvalue weighted by atomic mass is 10.1. The SMILES string of the molecule is CCC(C)NCCOc1ccccc1-c1ccccc1.O=C(O)C(=O)O. The lowest BCUT2D eigenvalue weighted by Crippen LogP contribution is -2.29. The number of rotatable bonds is 7. The first-order valence-electron chi connectivity index (χ1n) is 8.42. The third-order valence-electron chi connectivity index (χ3n) is 3.62. The number of nitrogens with one attached hydrogen (secondary N) is 1. The summed E-state index contributed by atoms with van der Waals surface area (Å²) in [5, 5.41) is 18.2. The highest BCUT2D eigenvalue weighted by molar-refractivity contribution is 6.27. The van der Waals surface area contributed by atoms with Crippen molar-refractivity contribution in [2.24, 2.45) is 0 Å². The average Bonchev–Trinajstić information content (AvgIpc) is 2.66. The molecule has 2 aromatic rings. The first-order chi connectivity index (χ1) is 12.5. The Morgan fingerprint density at radius 1 is 1.00 bits per heavy atom. The van der Waals surface area contributed by atoms with Crippen LogP contribution in [0.3, 0.4) is 0 Å². The summed E-state index contributed by atoms with van der Waals surface area (Å²) in [4.78, 5) is 18.2. The van der Waals surface area contributed by atoms with E-state index in [0.29, 0.717) is 12.6 Å². The minimum absolute atomic E-state index is 0.544. The molecule has 0 amide bonds. The van der Waals surface area contributed by atoms with Crippen LogP contribution in [0.5, 0.6) is 5.75 Å². The molecule has 1 atom stereocenters. The van der Waals surface area contributed by atoms with Crippen molar-refractivity contribution in [3.63, 3.8) is 0 Å². The van der Waals surface area contributed by atoms with Crippen molar-refractivity contribution in [1.29, 1.82) is 0 Å². The number of para-hydroxylation sites is 1. The maximum Gasteiger partial charge on any atom is 0.414 e. The fraction of sp³-hybridized carbons (Fsp3) is 0.300. The van der Waals surface area contributed by atoms with Gasteiger partial charge in [0.25, 0.3) is 0 Å². The Bertz CT molecular complexity index is 676. The average molecular weight is 359 g/mol. The molecule has 140 valence electrons. The fourth-order valence-corrected chi connectivity index (χ4v) is 2.06. The zero-order valence-electron chi connectivity index (χ0n) is 15.0. The number of carboxylic acids is 2. The Morgan fingerprint density at radius 3 is 2.15 bits per heavy atom. The van der Waals surface area contributed by atoms with E-state index in [1.54, 1.807) is 0 Å². The summed E-state index contributed by atoms with van der Waals surface area (Å²) in [5.41, 5.74) is 2.34. The largest absolute Gasteiger partial charge is 0.492 e. The van der Waals surface area contributed by atoms with E-state index >= 15 is 0 Å². The van der Waals surface area contributed by atoms with E-state index in [1.807, 2.05) is 24.3 Å². The molecule has 6 heteroatoms. The maximum absolute atomic E-state index is 9.10. The zero-order chi connectivity index (χ0) is 19.4. The van der Waals surface area contributed by atoms with Gasteiger partial charge in [0.1, 0.15) is 12.4 Å². The lowest BCUT2D eigenvalue weighted by Gasteiger charge is -2.14. The van der Waals surface area contributed by atoms with Crippen LogP contribution in [0.4, 0.5) is 0 Å². The Morgan fingerprint density at radius 2 is 1.58 bits per heavy atom. The van der Waals surface area contributed by atoms with E-state index in [2.05, 4.69) is 49.5 Å². The van der Waals surface area contributed by atoms with Gasteiger partial charge in [-0.25, -0.2) is 9.59 Å². The second-order valence-electron chi connectivity index (χ2n) is 5.58. The van der Waals surface area contributed by atoms with Gasteiger partial charge in [0.2, 0.25) is 0 Å². The van der Waals surface area contributed by atoms with Crippen molar-refractivity contribution in [1.82, 2.24) is 5.32 Å². The van der Waals surface area contributed by atoms with E-state index in [-0.39, 0.29) is 0 Å². The molecule has 0 heterocycles. The summed E-state index contributed by atoms with van der Waals surface area (Å²) >= 11 is 0. The summed E-state index contributed by atoms with van der Waals surface area (Å²) in [6.45, 7) is 5.94. The minimum Gasteiger partial charge on any atom is -0.492 e. The van der Waals surface area contributed by atoms with E-state index in [9.17, 15) is 0 Å². The third-order valence-corrected chi connectivity index (χ3v) is 3.62. The first-order valence-corrected chi connectivity index (χ1v) is 8.42. The second-order valence-corrected chi connectivity index (χ2v) is 5.58. The minimum atomic E-state index is -1.82. The van der Waals surface area contributed by atoms with Crippen LogP contribution in [0.2, 0.25) is 0 Å². The van der Waals surface area contributed by atoms with Gasteiger partial charge in [-0.1, -0.05) is 55.5 Å². The predicted molar refractivity (Wildman–Crippen MR) is 100 cm³/mol. The van der Waals surface area contributed by atoms with E-state index < -0.39 is 11.9 Å². The van der Waals surface area contributed by atoms with E-state index in [4.69, 9.17) is 24.5 Å². The fourth-order valence-electron chi connectivity index (χ4n) is 2.06. The van der Waals surface area contributed by atoms with Gasteiger partial charge < -0.3 is 20.3 Å². The molecular formula is C20H25NO5. The molecule has 0 aromatic heterocycles. The molecule has 1 unspecified atom stereocenters. The van der Waals surface area contributed by atoms with Crippen LogP contribution in [-0.2, 0) is 9.59 Å². The van der Waals surface area contributed by atoms with Crippen molar-refractivity contribution in [2.75, 3.05) is 13.2 Å². The van der Waals surface area contributed by atoms with Crippen LogP contribution in [0.25, 0.3) is 11.1 Å². The van der Waals surface area contributed by atoms with Crippen LogP contribution in [0.1, 0.15) is 20.3 Å². The van der Waals surface area contributed by atoms with Crippen molar-refractivity contribution < 1.29 is 24.5 Å². The van der Waals surface area contributed by atoms with E-state index in [1.165, 1.54) is 5.56 Å². The molecule has 26 heavy (non-hydrogen) atoms. The van der Waals surface area contributed by atoms with Crippen LogP contribution >= 0.6 is 0 Å². The molecule has 0 saturated heterocycles. The van der Waals surface area contributed by atoms with Gasteiger partial charge in [-0.2, -0.15) is 0 Å². The smallest absolute Gasteiger partial charge is 0.414 e. The second kappa shape index (κ2) is 11.7. The molecule has 0 bridgehead atoms. The van der Waals surface area contributed by atoms with Crippen LogP contribution in [-0.4, -0.2) is 41.3 Å². The van der Waals surface area contributed by atoms with Crippen LogP contribution in [0, 0.1) is 0 Å². The molecule has 0 fully saturated rings. The highest BCUT2D eigenvalue weighted by Gasteiger charge is 2.05. The molecule has 0 radical (unpaired) electrons. The summed E-state index contributed by atoms with van der Waals surface area (Å²) in [5.74, 6) is -2.70. The molecule has 0 spiro atoms. The highest BCUT2D eigenvalue weighted by Crippen LogP contribution is 2.29. The number of aliphatic carboxylic acids is 2. The number of ether oxygens (including phenoxy) is 1. The van der Waals surface area contributed by atoms with Crippen molar-refractivity contribution in [3.05, 3.63) is 54.6 Å². The quantitative estimate of drug-likeness (QED) is 0.519. The van der Waals surface area contributed by atoms with Gasteiger partial charge in [0.15, 0.2) is 0 Å². The van der Waals surface area contributed by atoms with Gasteiger partial charge in [-0.15, -0.1) is 0 Å². The standard InChI is InChI=1S/C18H23NO.C2H2O4/c1-3-15(2)19-13-14-20-18-12-8-7-11-17(18)16-9-5-4-6-10-16;3-1(4)2(5)6/h4-12,15,19H,3,13-14H2,1-2H3;(H,3,4)(H,5,6). The monoisotopic (exact) mass is 359 g/mol. The zero-order valence-corrected chi connectivity index (χ0v) is 15.0. The summed E-state index contributed by atoms with van der Waals surface area (Å²) < 4.78 is 5.92.